The maximum absolute atomic E-state index is 12.6. The van der Waals surface area contributed by atoms with Crippen molar-refractivity contribution in [3.8, 4) is 0 Å². The summed E-state index contributed by atoms with van der Waals surface area (Å²) in [6, 6.07) is 21.2. The Kier molecular flexibility index (Phi) is 3.21. The maximum atomic E-state index is 12.6. The van der Waals surface area contributed by atoms with Crippen molar-refractivity contribution in [2.24, 2.45) is 0 Å². The molecule has 0 aromatic heterocycles. The summed E-state index contributed by atoms with van der Waals surface area (Å²) in [4.78, 5) is 12.6. The van der Waals surface area contributed by atoms with Gasteiger partial charge in [-0.15, -0.1) is 0 Å². The van der Waals surface area contributed by atoms with Crippen molar-refractivity contribution >= 4 is 28.2 Å². The summed E-state index contributed by atoms with van der Waals surface area (Å²) in [6.45, 7) is 0. The summed E-state index contributed by atoms with van der Waals surface area (Å²) in [7, 11) is 0. The van der Waals surface area contributed by atoms with Gasteiger partial charge in [-0.25, -0.2) is 0 Å². The average molecular weight is 309 g/mol. The number of hydrogen-bond acceptors (Lipinski definition) is 2. The van der Waals surface area contributed by atoms with Crippen LogP contribution < -0.4 is 0 Å². The van der Waals surface area contributed by atoms with Gasteiger partial charge in [-0.1, -0.05) is 60.1 Å². The molecule has 3 aromatic carbocycles. The molecule has 0 aliphatic carbocycles. The zero-order valence-corrected chi connectivity index (χ0v) is 12.5. The third kappa shape index (κ3) is 2.41. The minimum absolute atomic E-state index is 0.0331. The quantitative estimate of drug-likeness (QED) is 0.513. The summed E-state index contributed by atoms with van der Waals surface area (Å²) >= 11 is 5.88. The lowest BCUT2D eigenvalue weighted by atomic mass is 10.00. The molecule has 4 rings (SSSR count). The van der Waals surface area contributed by atoms with Crippen LogP contribution in [0.3, 0.4) is 0 Å². The molecule has 1 fully saturated rings. The summed E-state index contributed by atoms with van der Waals surface area (Å²) < 4.78 is 5.58. The Labute approximate surface area is 133 Å². The van der Waals surface area contributed by atoms with Crippen molar-refractivity contribution in [3.05, 3.63) is 82.9 Å². The van der Waals surface area contributed by atoms with Crippen LogP contribution in [0.4, 0.5) is 0 Å². The first-order valence-corrected chi connectivity index (χ1v) is 7.54. The van der Waals surface area contributed by atoms with E-state index in [0.717, 1.165) is 16.3 Å². The van der Waals surface area contributed by atoms with Gasteiger partial charge in [0.05, 0.1) is 0 Å². The monoisotopic (exact) mass is 308 g/mol. The van der Waals surface area contributed by atoms with Gasteiger partial charge in [0.2, 0.25) is 0 Å². The van der Waals surface area contributed by atoms with Crippen LogP contribution in [0, 0.1) is 0 Å². The lowest BCUT2D eigenvalue weighted by Gasteiger charge is -2.01. The largest absolute Gasteiger partial charge is 0.356 e. The summed E-state index contributed by atoms with van der Waals surface area (Å²) in [6.07, 6.45) is -0.543. The Hall–Kier alpha value is -2.16. The Morgan fingerprint density at radius 1 is 0.909 bits per heavy atom. The van der Waals surface area contributed by atoms with E-state index in [1.165, 1.54) is 0 Å². The fourth-order valence-corrected chi connectivity index (χ4v) is 2.85. The van der Waals surface area contributed by atoms with Gasteiger partial charge >= 0.3 is 0 Å². The molecule has 1 saturated heterocycles. The Balaban J connectivity index is 1.58. The van der Waals surface area contributed by atoms with E-state index in [1.54, 1.807) is 0 Å². The minimum Gasteiger partial charge on any atom is -0.356 e. The Bertz CT molecular complexity index is 855. The second-order valence-electron chi connectivity index (χ2n) is 5.46. The highest BCUT2D eigenvalue weighted by atomic mass is 35.5. The first-order valence-electron chi connectivity index (χ1n) is 7.16. The standard InChI is InChI=1S/C19H13ClO2/c20-16-9-7-13(8-10-16)18-19(22-18)17(21)15-6-5-12-3-1-2-4-14(12)11-15/h1-11,18-19H. The van der Waals surface area contributed by atoms with E-state index in [2.05, 4.69) is 0 Å². The van der Waals surface area contributed by atoms with Gasteiger partial charge < -0.3 is 4.74 Å². The van der Waals surface area contributed by atoms with E-state index in [-0.39, 0.29) is 18.0 Å². The molecule has 0 radical (unpaired) electrons. The number of Topliss-reactive ketones (excluding diaryl/α,β-unsaturated/α-hetero) is 1. The molecule has 2 unspecified atom stereocenters. The summed E-state index contributed by atoms with van der Waals surface area (Å²) in [5, 5.41) is 2.88. The van der Waals surface area contributed by atoms with Crippen molar-refractivity contribution in [3.63, 3.8) is 0 Å². The molecule has 0 N–H and O–H groups in total. The number of carbonyl (C=O) groups is 1. The number of ketones is 1. The van der Waals surface area contributed by atoms with Crippen LogP contribution in [0.2, 0.25) is 5.02 Å². The van der Waals surface area contributed by atoms with Crippen LogP contribution >= 0.6 is 11.6 Å². The van der Waals surface area contributed by atoms with Gasteiger partial charge in [-0.3, -0.25) is 4.79 Å². The van der Waals surface area contributed by atoms with E-state index < -0.39 is 0 Å². The molecule has 108 valence electrons. The fourth-order valence-electron chi connectivity index (χ4n) is 2.72. The SMILES string of the molecule is O=C(c1ccc2ccccc2c1)C1OC1c1ccc(Cl)cc1. The molecule has 0 bridgehead atoms. The lowest BCUT2D eigenvalue weighted by Crippen LogP contribution is -2.08. The van der Waals surface area contributed by atoms with Gasteiger partial charge in [0.15, 0.2) is 11.9 Å². The van der Waals surface area contributed by atoms with Gasteiger partial charge in [0, 0.05) is 10.6 Å². The van der Waals surface area contributed by atoms with Crippen LogP contribution in [-0.2, 0) is 4.74 Å². The number of epoxide rings is 1. The van der Waals surface area contributed by atoms with Crippen LogP contribution in [0.1, 0.15) is 22.0 Å². The zero-order chi connectivity index (χ0) is 15.1. The van der Waals surface area contributed by atoms with Crippen molar-refractivity contribution in [2.75, 3.05) is 0 Å². The topological polar surface area (TPSA) is 29.6 Å². The molecule has 3 aromatic rings. The zero-order valence-electron chi connectivity index (χ0n) is 11.7. The van der Waals surface area contributed by atoms with Crippen LogP contribution in [-0.4, -0.2) is 11.9 Å². The van der Waals surface area contributed by atoms with Crippen molar-refractivity contribution in [1.82, 2.24) is 0 Å². The van der Waals surface area contributed by atoms with Gasteiger partial charge in [-0.2, -0.15) is 0 Å². The molecular formula is C19H13ClO2. The molecule has 2 atom stereocenters. The number of rotatable bonds is 3. The third-order valence-corrected chi connectivity index (χ3v) is 4.23. The van der Waals surface area contributed by atoms with E-state index in [4.69, 9.17) is 16.3 Å². The molecule has 1 aliphatic rings. The molecular weight excluding hydrogens is 296 g/mol. The van der Waals surface area contributed by atoms with Crippen LogP contribution in [0.25, 0.3) is 10.8 Å². The summed E-state index contributed by atoms with van der Waals surface area (Å²) in [5.41, 5.74) is 1.68. The normalized spacial score (nSPS) is 20.0. The second kappa shape index (κ2) is 5.24. The number of benzene rings is 3. The molecule has 22 heavy (non-hydrogen) atoms. The van der Waals surface area contributed by atoms with Gasteiger partial charge in [-0.05, 0) is 34.5 Å². The Morgan fingerprint density at radius 3 is 2.41 bits per heavy atom. The molecule has 2 nitrogen and oxygen atoms in total. The van der Waals surface area contributed by atoms with Gasteiger partial charge in [0.25, 0.3) is 0 Å². The summed E-state index contributed by atoms with van der Waals surface area (Å²) in [5.74, 6) is 0.0331. The minimum atomic E-state index is -0.387. The van der Waals surface area contributed by atoms with Crippen LogP contribution in [0.15, 0.2) is 66.7 Å². The molecule has 0 saturated carbocycles. The first kappa shape index (κ1) is 13.5. The molecule has 1 aliphatic heterocycles. The van der Waals surface area contributed by atoms with Crippen LogP contribution in [0.5, 0.6) is 0 Å². The van der Waals surface area contributed by atoms with E-state index in [1.807, 2.05) is 66.7 Å². The average Bonchev–Trinajstić information content (AvgIpc) is 3.35. The number of hydrogen-bond donors (Lipinski definition) is 0. The van der Waals surface area contributed by atoms with Gasteiger partial charge in [0.1, 0.15) is 6.10 Å². The highest BCUT2D eigenvalue weighted by molar-refractivity contribution is 6.30. The number of ether oxygens (including phenoxy) is 1. The predicted molar refractivity (Wildman–Crippen MR) is 87.3 cm³/mol. The predicted octanol–water partition coefficient (Wildman–Crippen LogP) is 4.82. The molecule has 1 heterocycles. The fraction of sp³-hybridized carbons (Fsp3) is 0.105. The smallest absolute Gasteiger partial charge is 0.194 e. The Morgan fingerprint density at radius 2 is 1.64 bits per heavy atom. The highest BCUT2D eigenvalue weighted by Gasteiger charge is 2.46. The van der Waals surface area contributed by atoms with E-state index in [9.17, 15) is 4.79 Å². The third-order valence-electron chi connectivity index (χ3n) is 3.98. The molecule has 3 heteroatoms. The van der Waals surface area contributed by atoms with E-state index in [0.29, 0.717) is 10.6 Å². The number of carbonyl (C=O) groups excluding carboxylic acids is 1. The van der Waals surface area contributed by atoms with Crippen molar-refractivity contribution in [1.29, 1.82) is 0 Å². The van der Waals surface area contributed by atoms with Crippen molar-refractivity contribution < 1.29 is 9.53 Å². The van der Waals surface area contributed by atoms with E-state index >= 15 is 0 Å². The molecule has 0 amide bonds. The lowest BCUT2D eigenvalue weighted by molar-refractivity contribution is 0.0954. The number of halogens is 1. The number of fused-ring (bicyclic) bond motifs is 1. The highest BCUT2D eigenvalue weighted by Crippen LogP contribution is 2.41. The van der Waals surface area contributed by atoms with Crippen molar-refractivity contribution in [2.45, 2.75) is 12.2 Å². The molecule has 0 spiro atoms. The second-order valence-corrected chi connectivity index (χ2v) is 5.89. The first-order chi connectivity index (χ1) is 10.7. The maximum Gasteiger partial charge on any atom is 0.194 e.